The Morgan fingerprint density at radius 3 is 2.62 bits per heavy atom. The van der Waals surface area contributed by atoms with Crippen LogP contribution in [0.15, 0.2) is 12.4 Å². The van der Waals surface area contributed by atoms with Crippen molar-refractivity contribution in [2.75, 3.05) is 42.6 Å². The van der Waals surface area contributed by atoms with Crippen LogP contribution in [-0.2, 0) is 16.3 Å². The lowest BCUT2D eigenvalue weighted by Crippen LogP contribution is -2.62. The third-order valence-corrected chi connectivity index (χ3v) is 10.2. The molecule has 5 heterocycles. The largest absolute Gasteiger partial charge is 0.393 e. The summed E-state index contributed by atoms with van der Waals surface area (Å²) in [6, 6.07) is 1.97. The minimum Gasteiger partial charge on any atom is -0.355 e. The molecule has 1 spiro atoms. The van der Waals surface area contributed by atoms with E-state index in [1.807, 2.05) is 0 Å². The number of rotatable bonds is 4. The molecule has 3 aliphatic heterocycles. The molecule has 2 aromatic rings. The average Bonchev–Trinajstić information content (AvgIpc) is 3.28. The van der Waals surface area contributed by atoms with Crippen molar-refractivity contribution in [2.45, 2.75) is 44.8 Å². The van der Waals surface area contributed by atoms with E-state index in [-0.39, 0.29) is 10.3 Å². The molecular weight excluding hydrogens is 461 g/mol. The van der Waals surface area contributed by atoms with Gasteiger partial charge in [0.1, 0.15) is 26.8 Å². The highest BCUT2D eigenvalue weighted by Crippen LogP contribution is 2.44. The summed E-state index contributed by atoms with van der Waals surface area (Å²) in [7, 11) is -2.85. The first-order valence-corrected chi connectivity index (χ1v) is 13.7. The van der Waals surface area contributed by atoms with Gasteiger partial charge < -0.3 is 4.90 Å². The summed E-state index contributed by atoms with van der Waals surface area (Å²) in [6.07, 6.45) is -1.20. The molecule has 11 heteroatoms. The van der Waals surface area contributed by atoms with Crippen LogP contribution < -0.4 is 4.90 Å². The molecule has 2 aromatic heterocycles. The first kappa shape index (κ1) is 22.3. The number of aromatic nitrogens is 2. The lowest BCUT2D eigenvalue weighted by atomic mass is 9.76. The Kier molecular flexibility index (Phi) is 5.45. The number of fused-ring (bicyclic) bond motifs is 1. The van der Waals surface area contributed by atoms with Gasteiger partial charge in [-0.25, -0.2) is 18.4 Å². The number of alkyl halides is 3. The predicted molar refractivity (Wildman–Crippen MR) is 119 cm³/mol. The quantitative estimate of drug-likeness (QED) is 0.656. The van der Waals surface area contributed by atoms with Gasteiger partial charge in [-0.05, 0) is 38.2 Å². The molecule has 5 rings (SSSR count). The van der Waals surface area contributed by atoms with E-state index >= 15 is 0 Å². The highest BCUT2D eigenvalue weighted by Gasteiger charge is 2.50. The van der Waals surface area contributed by atoms with Crippen molar-refractivity contribution in [1.29, 1.82) is 0 Å². The van der Waals surface area contributed by atoms with Crippen molar-refractivity contribution >= 4 is 37.2 Å². The third kappa shape index (κ3) is 4.35. The summed E-state index contributed by atoms with van der Waals surface area (Å²) in [5, 5.41) is 0.710. The van der Waals surface area contributed by atoms with Gasteiger partial charge in [0.15, 0.2) is 0 Å². The molecule has 0 aliphatic carbocycles. The van der Waals surface area contributed by atoms with Crippen LogP contribution in [0.3, 0.4) is 0 Å². The molecule has 0 aromatic carbocycles. The minimum absolute atomic E-state index is 0.178. The second-order valence-corrected chi connectivity index (χ2v) is 13.1. The fourth-order valence-corrected chi connectivity index (χ4v) is 8.14. The highest BCUT2D eigenvalue weighted by molar-refractivity contribution is 7.91. The number of likely N-dealkylation sites (tertiary alicyclic amines) is 1. The molecule has 0 saturated carbocycles. The van der Waals surface area contributed by atoms with Gasteiger partial charge in [-0.15, -0.1) is 11.3 Å². The summed E-state index contributed by atoms with van der Waals surface area (Å²) in [6.45, 7) is 5.84. The third-order valence-electron chi connectivity index (χ3n) is 7.41. The van der Waals surface area contributed by atoms with E-state index < -0.39 is 22.4 Å². The van der Waals surface area contributed by atoms with Crippen LogP contribution in [0.5, 0.6) is 0 Å². The zero-order valence-electron chi connectivity index (χ0n) is 17.9. The van der Waals surface area contributed by atoms with E-state index in [0.717, 1.165) is 62.6 Å². The standard InChI is InChI=1S/C21H27F3N4O2S2/c1-14(15-2-6-32(29,30)7-3-15)28-11-20(12-28)4-5-27(10-20)18-17-8-16(9-21(22,23)24)31-19(17)26-13-25-18/h8,13-15H,2-7,9-12H2,1H3. The van der Waals surface area contributed by atoms with Crippen molar-refractivity contribution in [1.82, 2.24) is 14.9 Å². The molecule has 0 radical (unpaired) electrons. The second kappa shape index (κ2) is 7.80. The zero-order valence-corrected chi connectivity index (χ0v) is 19.6. The summed E-state index contributed by atoms with van der Waals surface area (Å²) < 4.78 is 61.9. The van der Waals surface area contributed by atoms with Crippen LogP contribution in [0, 0.1) is 11.3 Å². The topological polar surface area (TPSA) is 66.4 Å². The Bertz CT molecular complexity index is 1100. The lowest BCUT2D eigenvalue weighted by Gasteiger charge is -2.53. The molecule has 0 bridgehead atoms. The van der Waals surface area contributed by atoms with Gasteiger partial charge in [0.05, 0.1) is 23.3 Å². The van der Waals surface area contributed by atoms with E-state index in [9.17, 15) is 21.6 Å². The zero-order chi connectivity index (χ0) is 22.7. The van der Waals surface area contributed by atoms with Crippen LogP contribution in [-0.4, -0.2) is 73.2 Å². The van der Waals surface area contributed by atoms with Crippen molar-refractivity contribution in [3.8, 4) is 0 Å². The maximum atomic E-state index is 12.8. The summed E-state index contributed by atoms with van der Waals surface area (Å²) >= 11 is 1.09. The number of sulfone groups is 1. The van der Waals surface area contributed by atoms with Gasteiger partial charge in [0.2, 0.25) is 0 Å². The van der Waals surface area contributed by atoms with Crippen LogP contribution in [0.4, 0.5) is 19.0 Å². The average molecular weight is 489 g/mol. The fraction of sp³-hybridized carbons (Fsp3) is 0.714. The smallest absolute Gasteiger partial charge is 0.355 e. The van der Waals surface area contributed by atoms with E-state index in [4.69, 9.17) is 0 Å². The molecule has 0 amide bonds. The predicted octanol–water partition coefficient (Wildman–Crippen LogP) is 3.52. The Morgan fingerprint density at radius 2 is 1.94 bits per heavy atom. The molecule has 3 fully saturated rings. The molecule has 3 aliphatic rings. The number of halogens is 3. The van der Waals surface area contributed by atoms with Crippen molar-refractivity contribution < 1.29 is 21.6 Å². The lowest BCUT2D eigenvalue weighted by molar-refractivity contribution is -0.126. The molecule has 3 saturated heterocycles. The number of anilines is 1. The van der Waals surface area contributed by atoms with Gasteiger partial charge in [-0.2, -0.15) is 13.2 Å². The van der Waals surface area contributed by atoms with E-state index in [0.29, 0.717) is 33.7 Å². The first-order chi connectivity index (χ1) is 15.0. The van der Waals surface area contributed by atoms with Gasteiger partial charge in [0, 0.05) is 42.5 Å². The SMILES string of the molecule is CC(C1CCS(=O)(=O)CC1)N1CC2(CCN(c3ncnc4sc(CC(F)(F)F)cc34)C2)C1. The fourth-order valence-electron chi connectivity index (χ4n) is 5.60. The molecule has 1 atom stereocenters. The van der Waals surface area contributed by atoms with Gasteiger partial charge in [-0.1, -0.05) is 0 Å². The number of thiophene rings is 1. The molecule has 1 unspecified atom stereocenters. The van der Waals surface area contributed by atoms with Gasteiger partial charge in [0.25, 0.3) is 0 Å². The van der Waals surface area contributed by atoms with Gasteiger partial charge in [-0.3, -0.25) is 4.90 Å². The number of hydrogen-bond donors (Lipinski definition) is 0. The van der Waals surface area contributed by atoms with Crippen molar-refractivity contribution in [3.05, 3.63) is 17.3 Å². The van der Waals surface area contributed by atoms with Crippen molar-refractivity contribution in [3.63, 3.8) is 0 Å². The molecule has 0 N–H and O–H groups in total. The number of hydrogen-bond acceptors (Lipinski definition) is 7. The van der Waals surface area contributed by atoms with Crippen molar-refractivity contribution in [2.24, 2.45) is 11.3 Å². The van der Waals surface area contributed by atoms with Crippen LogP contribution in [0.1, 0.15) is 31.1 Å². The summed E-state index contributed by atoms with van der Waals surface area (Å²) in [4.78, 5) is 14.2. The van der Waals surface area contributed by atoms with Crippen LogP contribution >= 0.6 is 11.3 Å². The van der Waals surface area contributed by atoms with E-state index in [1.54, 1.807) is 6.07 Å². The second-order valence-electron chi connectivity index (χ2n) is 9.73. The van der Waals surface area contributed by atoms with Crippen LogP contribution in [0.2, 0.25) is 0 Å². The summed E-state index contributed by atoms with van der Waals surface area (Å²) in [5.41, 5.74) is 0.178. The molecule has 176 valence electrons. The Morgan fingerprint density at radius 1 is 1.22 bits per heavy atom. The monoisotopic (exact) mass is 488 g/mol. The van der Waals surface area contributed by atoms with E-state index in [1.165, 1.54) is 6.33 Å². The number of nitrogens with zero attached hydrogens (tertiary/aromatic N) is 4. The van der Waals surface area contributed by atoms with E-state index in [2.05, 4.69) is 26.7 Å². The normalized spacial score (nSPS) is 24.8. The van der Waals surface area contributed by atoms with Gasteiger partial charge >= 0.3 is 6.18 Å². The highest BCUT2D eigenvalue weighted by atomic mass is 32.2. The minimum atomic E-state index is -4.24. The Balaban J connectivity index is 1.24. The summed E-state index contributed by atoms with van der Waals surface area (Å²) in [5.74, 6) is 1.76. The molecule has 32 heavy (non-hydrogen) atoms. The van der Waals surface area contributed by atoms with Crippen LogP contribution in [0.25, 0.3) is 10.2 Å². The first-order valence-electron chi connectivity index (χ1n) is 11.0. The Hall–Kier alpha value is -1.46. The maximum absolute atomic E-state index is 12.8. The maximum Gasteiger partial charge on any atom is 0.393 e. The molecular formula is C21H27F3N4O2S2. The molecule has 6 nitrogen and oxygen atoms in total. The Labute approximate surface area is 189 Å².